The Kier molecular flexibility index (Phi) is 4.60. The Morgan fingerprint density at radius 3 is 2.70 bits per heavy atom. The summed E-state index contributed by atoms with van der Waals surface area (Å²) >= 11 is 0. The maximum atomic E-state index is 11.5. The Hall–Kier alpha value is -2.49. The first kappa shape index (κ1) is 13.9. The number of phenolic OH excluding ortho intramolecular Hbond substituents is 1. The van der Waals surface area contributed by atoms with Gasteiger partial charge in [-0.2, -0.15) is 0 Å². The van der Waals surface area contributed by atoms with Crippen molar-refractivity contribution in [3.05, 3.63) is 59.7 Å². The van der Waals surface area contributed by atoms with Crippen LogP contribution in [0.1, 0.15) is 11.1 Å². The van der Waals surface area contributed by atoms with Gasteiger partial charge in [-0.3, -0.25) is 4.79 Å². The molecule has 0 fully saturated rings. The van der Waals surface area contributed by atoms with Gasteiger partial charge < -0.3 is 15.7 Å². The topological polar surface area (TPSA) is 61.4 Å². The van der Waals surface area contributed by atoms with Gasteiger partial charge in [0.15, 0.2) is 0 Å². The first-order chi connectivity index (χ1) is 9.69. The van der Waals surface area contributed by atoms with Gasteiger partial charge in [0, 0.05) is 19.3 Å². The standard InChI is InChI=1S/C16H18N2O2/c1-17-16(20)10-13-6-2-3-8-15(13)18-11-12-5-4-7-14(19)9-12/h2-9,18-19H,10-11H2,1H3,(H,17,20). The highest BCUT2D eigenvalue weighted by atomic mass is 16.3. The van der Waals surface area contributed by atoms with Gasteiger partial charge >= 0.3 is 0 Å². The van der Waals surface area contributed by atoms with E-state index in [-0.39, 0.29) is 11.7 Å². The largest absolute Gasteiger partial charge is 0.508 e. The fourth-order valence-electron chi connectivity index (χ4n) is 1.97. The molecule has 0 aliphatic heterocycles. The number of anilines is 1. The van der Waals surface area contributed by atoms with Crippen LogP contribution in [0.5, 0.6) is 5.75 Å². The van der Waals surface area contributed by atoms with Crippen molar-refractivity contribution in [3.63, 3.8) is 0 Å². The molecule has 20 heavy (non-hydrogen) atoms. The van der Waals surface area contributed by atoms with Crippen LogP contribution in [0.2, 0.25) is 0 Å². The third-order valence-electron chi connectivity index (χ3n) is 3.04. The number of phenols is 1. The lowest BCUT2D eigenvalue weighted by atomic mass is 10.1. The van der Waals surface area contributed by atoms with Crippen LogP contribution in [0.4, 0.5) is 5.69 Å². The summed E-state index contributed by atoms with van der Waals surface area (Å²) in [6, 6.07) is 14.8. The predicted molar refractivity (Wildman–Crippen MR) is 79.6 cm³/mol. The number of para-hydroxylation sites is 1. The number of hydrogen-bond acceptors (Lipinski definition) is 3. The van der Waals surface area contributed by atoms with Crippen molar-refractivity contribution < 1.29 is 9.90 Å². The molecule has 1 amide bonds. The minimum Gasteiger partial charge on any atom is -0.508 e. The first-order valence-corrected chi connectivity index (χ1v) is 6.49. The Bertz CT molecular complexity index is 597. The summed E-state index contributed by atoms with van der Waals surface area (Å²) in [4.78, 5) is 11.5. The van der Waals surface area contributed by atoms with Gasteiger partial charge in [-0.15, -0.1) is 0 Å². The van der Waals surface area contributed by atoms with E-state index >= 15 is 0 Å². The molecular formula is C16H18N2O2. The van der Waals surface area contributed by atoms with E-state index in [1.54, 1.807) is 19.2 Å². The average molecular weight is 270 g/mol. The molecule has 2 aromatic rings. The highest BCUT2D eigenvalue weighted by Gasteiger charge is 2.06. The van der Waals surface area contributed by atoms with Crippen molar-refractivity contribution in [2.24, 2.45) is 0 Å². The van der Waals surface area contributed by atoms with Gasteiger partial charge in [0.1, 0.15) is 5.75 Å². The van der Waals surface area contributed by atoms with Crippen molar-refractivity contribution in [2.45, 2.75) is 13.0 Å². The SMILES string of the molecule is CNC(=O)Cc1ccccc1NCc1cccc(O)c1. The van der Waals surface area contributed by atoms with E-state index in [2.05, 4.69) is 10.6 Å². The number of likely N-dealkylation sites (N-methyl/N-ethyl adjacent to an activating group) is 1. The van der Waals surface area contributed by atoms with Gasteiger partial charge in [-0.1, -0.05) is 30.3 Å². The van der Waals surface area contributed by atoms with E-state index in [0.29, 0.717) is 13.0 Å². The fraction of sp³-hybridized carbons (Fsp3) is 0.188. The third kappa shape index (κ3) is 3.75. The van der Waals surface area contributed by atoms with Gasteiger partial charge in [0.25, 0.3) is 0 Å². The van der Waals surface area contributed by atoms with Gasteiger partial charge in [0.05, 0.1) is 6.42 Å². The molecule has 2 aromatic carbocycles. The van der Waals surface area contributed by atoms with Crippen molar-refractivity contribution in [1.82, 2.24) is 5.32 Å². The number of amides is 1. The lowest BCUT2D eigenvalue weighted by molar-refractivity contribution is -0.119. The Balaban J connectivity index is 2.07. The number of rotatable bonds is 5. The molecule has 0 spiro atoms. The fourth-order valence-corrected chi connectivity index (χ4v) is 1.97. The summed E-state index contributed by atoms with van der Waals surface area (Å²) in [7, 11) is 1.63. The summed E-state index contributed by atoms with van der Waals surface area (Å²) in [5.74, 6) is 0.236. The highest BCUT2D eigenvalue weighted by molar-refractivity contribution is 5.80. The monoisotopic (exact) mass is 270 g/mol. The van der Waals surface area contributed by atoms with Crippen LogP contribution < -0.4 is 10.6 Å². The lowest BCUT2D eigenvalue weighted by Gasteiger charge is -2.12. The van der Waals surface area contributed by atoms with Crippen LogP contribution in [-0.2, 0) is 17.8 Å². The molecule has 4 heteroatoms. The van der Waals surface area contributed by atoms with Crippen molar-refractivity contribution in [2.75, 3.05) is 12.4 Å². The zero-order valence-corrected chi connectivity index (χ0v) is 11.4. The lowest BCUT2D eigenvalue weighted by Crippen LogP contribution is -2.20. The van der Waals surface area contributed by atoms with Crippen molar-refractivity contribution in [3.8, 4) is 5.75 Å². The molecule has 0 atom stereocenters. The molecule has 4 nitrogen and oxygen atoms in total. The molecule has 0 saturated carbocycles. The maximum Gasteiger partial charge on any atom is 0.224 e. The normalized spacial score (nSPS) is 10.1. The van der Waals surface area contributed by atoms with Crippen molar-refractivity contribution in [1.29, 1.82) is 0 Å². The molecule has 0 heterocycles. The number of carbonyl (C=O) groups is 1. The number of nitrogens with one attached hydrogen (secondary N) is 2. The van der Waals surface area contributed by atoms with Crippen LogP contribution in [0, 0.1) is 0 Å². The van der Waals surface area contributed by atoms with E-state index in [4.69, 9.17) is 0 Å². The second kappa shape index (κ2) is 6.61. The quantitative estimate of drug-likeness (QED) is 0.781. The molecule has 0 aromatic heterocycles. The predicted octanol–water partition coefficient (Wildman–Crippen LogP) is 2.29. The molecule has 0 bridgehead atoms. The molecule has 0 aliphatic rings. The first-order valence-electron chi connectivity index (χ1n) is 6.49. The van der Waals surface area contributed by atoms with Crippen molar-refractivity contribution >= 4 is 11.6 Å². The summed E-state index contributed by atoms with van der Waals surface area (Å²) in [6.07, 6.45) is 0.347. The summed E-state index contributed by atoms with van der Waals surface area (Å²) in [5, 5.41) is 15.4. The number of aromatic hydroxyl groups is 1. The Morgan fingerprint density at radius 2 is 1.95 bits per heavy atom. The smallest absolute Gasteiger partial charge is 0.224 e. The summed E-state index contributed by atoms with van der Waals surface area (Å²) in [6.45, 7) is 0.596. The number of benzene rings is 2. The van der Waals surface area contributed by atoms with E-state index < -0.39 is 0 Å². The second-order valence-corrected chi connectivity index (χ2v) is 4.53. The Morgan fingerprint density at radius 1 is 1.15 bits per heavy atom. The number of carbonyl (C=O) groups excluding carboxylic acids is 1. The summed E-state index contributed by atoms with van der Waals surface area (Å²) < 4.78 is 0. The van der Waals surface area contributed by atoms with Gasteiger partial charge in [-0.05, 0) is 29.3 Å². The van der Waals surface area contributed by atoms with Crippen LogP contribution in [0.15, 0.2) is 48.5 Å². The molecular weight excluding hydrogens is 252 g/mol. The molecule has 0 aliphatic carbocycles. The van der Waals surface area contributed by atoms with E-state index in [0.717, 1.165) is 16.8 Å². The molecule has 0 unspecified atom stereocenters. The van der Waals surface area contributed by atoms with Gasteiger partial charge in [0.2, 0.25) is 5.91 Å². The average Bonchev–Trinajstić information content (AvgIpc) is 2.46. The zero-order valence-electron chi connectivity index (χ0n) is 11.4. The number of hydrogen-bond donors (Lipinski definition) is 3. The van der Waals surface area contributed by atoms with Crippen LogP contribution >= 0.6 is 0 Å². The van der Waals surface area contributed by atoms with E-state index in [1.165, 1.54) is 0 Å². The minimum atomic E-state index is -0.0170. The minimum absolute atomic E-state index is 0.0170. The molecule has 2 rings (SSSR count). The van der Waals surface area contributed by atoms with E-state index in [9.17, 15) is 9.90 Å². The second-order valence-electron chi connectivity index (χ2n) is 4.53. The molecule has 0 saturated heterocycles. The zero-order chi connectivity index (χ0) is 14.4. The van der Waals surface area contributed by atoms with E-state index in [1.807, 2.05) is 36.4 Å². The Labute approximate surface area is 118 Å². The summed E-state index contributed by atoms with van der Waals surface area (Å²) in [5.41, 5.74) is 2.87. The molecule has 3 N–H and O–H groups in total. The third-order valence-corrected chi connectivity index (χ3v) is 3.04. The van der Waals surface area contributed by atoms with Gasteiger partial charge in [-0.25, -0.2) is 0 Å². The maximum absolute atomic E-state index is 11.5. The molecule has 0 radical (unpaired) electrons. The van der Waals surface area contributed by atoms with Crippen LogP contribution in [-0.4, -0.2) is 18.1 Å². The van der Waals surface area contributed by atoms with Crippen LogP contribution in [0.3, 0.4) is 0 Å². The van der Waals surface area contributed by atoms with Crippen LogP contribution in [0.25, 0.3) is 0 Å². The molecule has 104 valence electrons. The highest BCUT2D eigenvalue weighted by Crippen LogP contribution is 2.18.